The Morgan fingerprint density at radius 3 is 1.92 bits per heavy atom. The van der Waals surface area contributed by atoms with E-state index in [0.717, 1.165) is 0 Å². The van der Waals surface area contributed by atoms with Gasteiger partial charge in [-0.1, -0.05) is 111 Å². The molecule has 2 aromatic carbocycles. The summed E-state index contributed by atoms with van der Waals surface area (Å²) in [4.78, 5) is 137. The van der Waals surface area contributed by atoms with Crippen LogP contribution in [0.3, 0.4) is 0 Å². The number of hydrogen-bond acceptors (Lipinski definition) is 14. The molecule has 0 radical (unpaired) electrons. The SMILES string of the molecule is CC[C@@H](C)C(C(CC(=O)N1CCC[C@@H]1C(OC)[C@H](C)C(=O)N[C@@H](C)[C@H](O)c1ccccc1)OC)N(C)C(=O)C(NC(=O)C(C(C)C)N(C)C(=O)OCc1ccc(NC(=O)[C@@H](CCCNC(N)=O)NC(=O)[C@H](NC(=O)CCCC(=O)O)C(C)C)cc1)C(C)C. The number of aliphatic carboxylic acids is 1. The molecule has 88 heavy (non-hydrogen) atoms. The lowest BCUT2D eigenvalue weighted by Gasteiger charge is -2.41. The number of likely N-dealkylation sites (tertiary alicyclic amines) is 1. The Bertz CT molecular complexity index is 2610. The number of carbonyl (C=O) groups is 10. The summed E-state index contributed by atoms with van der Waals surface area (Å²) in [5.41, 5.74) is 6.71. The number of benzene rings is 2. The normalized spacial score (nSPS) is 16.9. The van der Waals surface area contributed by atoms with Gasteiger partial charge < -0.3 is 71.9 Å². The van der Waals surface area contributed by atoms with E-state index in [2.05, 4.69) is 31.9 Å². The van der Waals surface area contributed by atoms with Crippen molar-refractivity contribution in [2.45, 2.75) is 194 Å². The van der Waals surface area contributed by atoms with Crippen LogP contribution in [-0.2, 0) is 59.2 Å². The van der Waals surface area contributed by atoms with Gasteiger partial charge in [-0.15, -0.1) is 0 Å². The molecule has 12 atom stereocenters. The molecule has 0 spiro atoms. The van der Waals surface area contributed by atoms with Gasteiger partial charge in [0.25, 0.3) is 0 Å². The number of primary amides is 1. The Balaban J connectivity index is 1.71. The van der Waals surface area contributed by atoms with Gasteiger partial charge in [-0.3, -0.25) is 43.3 Å². The first-order chi connectivity index (χ1) is 41.5. The zero-order valence-corrected chi connectivity index (χ0v) is 54.0. The third-order valence-electron chi connectivity index (χ3n) is 16.3. The maximum Gasteiger partial charge on any atom is 0.410 e. The highest BCUT2D eigenvalue weighted by molar-refractivity contribution is 5.98. The Morgan fingerprint density at radius 1 is 0.727 bits per heavy atom. The van der Waals surface area contributed by atoms with Crippen LogP contribution in [0.25, 0.3) is 0 Å². The summed E-state index contributed by atoms with van der Waals surface area (Å²) in [6.45, 7) is 18.2. The van der Waals surface area contributed by atoms with Gasteiger partial charge in [0.05, 0.1) is 48.8 Å². The summed E-state index contributed by atoms with van der Waals surface area (Å²) in [5, 5.41) is 36.3. The van der Waals surface area contributed by atoms with Crippen LogP contribution in [0.2, 0.25) is 0 Å². The predicted molar refractivity (Wildman–Crippen MR) is 331 cm³/mol. The first-order valence-electron chi connectivity index (χ1n) is 30.6. The van der Waals surface area contributed by atoms with Crippen molar-refractivity contribution in [2.24, 2.45) is 35.3 Å². The molecular weight excluding hydrogens is 1140 g/mol. The number of carboxylic acid groups (broad SMARTS) is 1. The summed E-state index contributed by atoms with van der Waals surface area (Å²) < 4.78 is 17.7. The van der Waals surface area contributed by atoms with Crippen LogP contribution >= 0.6 is 0 Å². The topological polar surface area (TPSA) is 347 Å². The largest absolute Gasteiger partial charge is 0.481 e. The number of likely N-dealkylation sites (N-methyl/N-ethyl adjacent to an activating group) is 2. The van der Waals surface area contributed by atoms with Crippen molar-refractivity contribution >= 4 is 65.1 Å². The highest BCUT2D eigenvalue weighted by atomic mass is 16.6. The van der Waals surface area contributed by atoms with Crippen LogP contribution < -0.4 is 37.6 Å². The molecule has 1 aliphatic rings. The van der Waals surface area contributed by atoms with E-state index in [1.807, 2.05) is 32.0 Å². The Morgan fingerprint density at radius 2 is 1.36 bits per heavy atom. The molecule has 492 valence electrons. The molecule has 1 heterocycles. The molecular formula is C63H100N10O15. The van der Waals surface area contributed by atoms with Gasteiger partial charge >= 0.3 is 18.1 Å². The van der Waals surface area contributed by atoms with E-state index in [1.54, 1.807) is 109 Å². The lowest BCUT2D eigenvalue weighted by molar-refractivity contribution is -0.148. The van der Waals surface area contributed by atoms with Crippen molar-refractivity contribution in [1.29, 1.82) is 0 Å². The van der Waals surface area contributed by atoms with E-state index in [-0.39, 0.29) is 69.4 Å². The van der Waals surface area contributed by atoms with Gasteiger partial charge in [0.15, 0.2) is 0 Å². The number of carboxylic acids is 1. The number of nitrogens with zero attached hydrogens (tertiary/aromatic N) is 3. The summed E-state index contributed by atoms with van der Waals surface area (Å²) in [7, 11) is 6.07. The van der Waals surface area contributed by atoms with Gasteiger partial charge in [0, 0.05) is 59.9 Å². The molecule has 25 nitrogen and oxygen atoms in total. The van der Waals surface area contributed by atoms with Crippen LogP contribution in [0, 0.1) is 29.6 Å². The number of urea groups is 1. The molecule has 25 heteroatoms. The quantitative estimate of drug-likeness (QED) is 0.0412. The summed E-state index contributed by atoms with van der Waals surface area (Å²) in [6, 6.07) is 8.63. The minimum atomic E-state index is -1.13. The van der Waals surface area contributed by atoms with E-state index in [0.29, 0.717) is 42.6 Å². The zero-order chi connectivity index (χ0) is 66.1. The number of hydrogen-bond donors (Lipinski definition) is 9. The molecule has 0 bridgehead atoms. The van der Waals surface area contributed by atoms with Gasteiger partial charge in [-0.2, -0.15) is 0 Å². The molecule has 1 aliphatic heterocycles. The van der Waals surface area contributed by atoms with Gasteiger partial charge in [-0.25, -0.2) is 9.59 Å². The van der Waals surface area contributed by atoms with Gasteiger partial charge in [0.2, 0.25) is 41.4 Å². The maximum atomic E-state index is 14.8. The molecule has 1 fully saturated rings. The lowest BCUT2D eigenvalue weighted by Crippen LogP contribution is -2.60. The number of nitrogens with two attached hydrogens (primary N) is 1. The minimum Gasteiger partial charge on any atom is -0.481 e. The van der Waals surface area contributed by atoms with E-state index in [1.165, 1.54) is 26.2 Å². The number of carbonyl (C=O) groups excluding carboxylic acids is 9. The van der Waals surface area contributed by atoms with Crippen molar-refractivity contribution in [1.82, 2.24) is 41.3 Å². The highest BCUT2D eigenvalue weighted by Crippen LogP contribution is 2.30. The Kier molecular flexibility index (Phi) is 31.3. The zero-order valence-electron chi connectivity index (χ0n) is 54.0. The Hall–Kier alpha value is -7.38. The van der Waals surface area contributed by atoms with Crippen molar-refractivity contribution in [3.05, 3.63) is 65.7 Å². The second kappa shape index (κ2) is 36.8. The molecule has 10 amide bonds. The third-order valence-corrected chi connectivity index (χ3v) is 16.3. The number of rotatable bonds is 36. The summed E-state index contributed by atoms with van der Waals surface area (Å²) in [5.74, 6) is -6.55. The van der Waals surface area contributed by atoms with Crippen LogP contribution in [0.5, 0.6) is 0 Å². The second-order valence-corrected chi connectivity index (χ2v) is 24.0. The van der Waals surface area contributed by atoms with Gasteiger partial charge in [-0.05, 0) is 86.0 Å². The van der Waals surface area contributed by atoms with E-state index >= 15 is 0 Å². The smallest absolute Gasteiger partial charge is 0.410 e. The summed E-state index contributed by atoms with van der Waals surface area (Å²) in [6.07, 6.45) is -1.36. The molecule has 2 aromatic rings. The van der Waals surface area contributed by atoms with Crippen LogP contribution in [0.15, 0.2) is 54.6 Å². The number of amides is 10. The number of ether oxygens (including phenoxy) is 3. The number of aliphatic hydroxyl groups is 1. The fraction of sp³-hybridized carbons (Fsp3) is 0.651. The molecule has 0 aliphatic carbocycles. The molecule has 5 unspecified atom stereocenters. The number of nitrogens with one attached hydrogen (secondary N) is 6. The van der Waals surface area contributed by atoms with E-state index in [9.17, 15) is 53.1 Å². The van der Waals surface area contributed by atoms with E-state index in [4.69, 9.17) is 25.1 Å². The molecule has 10 N–H and O–H groups in total. The predicted octanol–water partition coefficient (Wildman–Crippen LogP) is 4.85. The van der Waals surface area contributed by atoms with Crippen molar-refractivity contribution in [3.8, 4) is 0 Å². The molecule has 0 saturated carbocycles. The fourth-order valence-corrected chi connectivity index (χ4v) is 11.1. The average molecular weight is 1240 g/mol. The van der Waals surface area contributed by atoms with Crippen molar-refractivity contribution in [2.75, 3.05) is 46.7 Å². The average Bonchev–Trinajstić information content (AvgIpc) is 4.06. The summed E-state index contributed by atoms with van der Waals surface area (Å²) >= 11 is 0. The van der Waals surface area contributed by atoms with Crippen LogP contribution in [-0.4, -0.2) is 180 Å². The van der Waals surface area contributed by atoms with Gasteiger partial charge in [0.1, 0.15) is 30.8 Å². The van der Waals surface area contributed by atoms with Crippen LogP contribution in [0.1, 0.15) is 144 Å². The Labute approximate surface area is 519 Å². The highest BCUT2D eigenvalue weighted by Gasteiger charge is 2.44. The lowest BCUT2D eigenvalue weighted by atomic mass is 9.89. The van der Waals surface area contributed by atoms with Crippen molar-refractivity contribution in [3.63, 3.8) is 0 Å². The van der Waals surface area contributed by atoms with Crippen molar-refractivity contribution < 1.29 is 72.4 Å². The first-order valence-corrected chi connectivity index (χ1v) is 30.6. The molecule has 0 aromatic heterocycles. The first kappa shape index (κ1) is 74.9. The third kappa shape index (κ3) is 22.6. The maximum absolute atomic E-state index is 14.8. The molecule has 3 rings (SSSR count). The monoisotopic (exact) mass is 1240 g/mol. The number of methoxy groups -OCH3 is 2. The number of anilines is 1. The van der Waals surface area contributed by atoms with E-state index < -0.39 is 132 Å². The number of aliphatic hydroxyl groups excluding tert-OH is 1. The molecule has 1 saturated heterocycles. The minimum absolute atomic E-state index is 0.0713. The second-order valence-electron chi connectivity index (χ2n) is 24.0. The van der Waals surface area contributed by atoms with Crippen LogP contribution in [0.4, 0.5) is 15.3 Å². The fourth-order valence-electron chi connectivity index (χ4n) is 11.1. The standard InChI is InChI=1S/C63H100N10O15/c1-15-39(8)54(47(86-13)34-49(75)73-33-21-25-46(73)56(87-14)40(9)57(79)66-41(10)55(78)43-22-17-16-18-23-43)71(11)61(83)52(37(4)5)70-60(82)53(38(6)7)72(12)63(85)88-35-42-28-30-44(31-29-42)67-58(80)45(24-20-32-65-62(64)84)68-59(81)51(36(2)3)69-48(74)26-19-27-50(76)77/h16-18,22-23,28-31,36-41,45-47,51-56,78H,15,19-21,24-27,32-35H2,1-14H3,(H,66,79)(H,67,80)(H,68,81)(H,69,74)(H,70,82)(H,76,77)(H3,64,65,84)/t39-,40+,41+,45-,46-,47?,51-,52?,53?,54?,55+,56?/m1/s1.